The van der Waals surface area contributed by atoms with Gasteiger partial charge < -0.3 is 0 Å². The molecule has 2 fully saturated rings. The fraction of sp³-hybridized carbons (Fsp3) is 0.368. The van der Waals surface area contributed by atoms with Gasteiger partial charge in [-0.15, -0.1) is 10.2 Å². The molecule has 29 heavy (non-hydrogen) atoms. The van der Waals surface area contributed by atoms with Gasteiger partial charge in [-0.2, -0.15) is 4.99 Å². The van der Waals surface area contributed by atoms with Crippen molar-refractivity contribution in [3.63, 3.8) is 0 Å². The molecule has 1 saturated carbocycles. The zero-order chi connectivity index (χ0) is 20.4. The molecule has 8 nitrogen and oxygen atoms in total. The maximum Gasteiger partial charge on any atom is 0.276 e. The van der Waals surface area contributed by atoms with Gasteiger partial charge in [-0.05, 0) is 43.7 Å². The summed E-state index contributed by atoms with van der Waals surface area (Å²) in [5.74, 6) is -0.153. The molecule has 2 heterocycles. The Morgan fingerprint density at radius 3 is 2.69 bits per heavy atom. The van der Waals surface area contributed by atoms with E-state index in [0.29, 0.717) is 20.8 Å². The van der Waals surface area contributed by atoms with Gasteiger partial charge in [-0.25, -0.2) is 0 Å². The summed E-state index contributed by atoms with van der Waals surface area (Å²) in [4.78, 5) is 30.9. The molecule has 0 radical (unpaired) electrons. The number of nitro groups is 1. The Morgan fingerprint density at radius 2 is 2.00 bits per heavy atom. The number of amidine groups is 1. The minimum absolute atomic E-state index is 0.0252. The summed E-state index contributed by atoms with van der Waals surface area (Å²) in [6, 6.07) is 6.51. The van der Waals surface area contributed by atoms with Gasteiger partial charge in [0, 0.05) is 12.1 Å². The number of nitrogens with zero attached hydrogens (tertiary/aromatic N) is 5. The Morgan fingerprint density at radius 1 is 1.24 bits per heavy atom. The number of benzene rings is 1. The monoisotopic (exact) mass is 429 g/mol. The molecule has 2 aliphatic rings. The first-order chi connectivity index (χ1) is 14.0. The smallest absolute Gasteiger partial charge is 0.276 e. The molecule has 0 N–H and O–H groups in total. The molecule has 0 atom stereocenters. The normalized spacial score (nSPS) is 20.7. The van der Waals surface area contributed by atoms with Crippen LogP contribution in [0.2, 0.25) is 0 Å². The van der Waals surface area contributed by atoms with Crippen LogP contribution in [0.1, 0.15) is 42.7 Å². The highest BCUT2D eigenvalue weighted by molar-refractivity contribution is 8.18. The number of thioether (sulfide) groups is 1. The third-order valence-electron chi connectivity index (χ3n) is 4.90. The van der Waals surface area contributed by atoms with E-state index in [9.17, 15) is 14.9 Å². The van der Waals surface area contributed by atoms with E-state index in [1.807, 2.05) is 6.92 Å². The van der Waals surface area contributed by atoms with E-state index in [4.69, 9.17) is 0 Å². The summed E-state index contributed by atoms with van der Waals surface area (Å²) in [7, 11) is 0. The topological polar surface area (TPSA) is 102 Å². The van der Waals surface area contributed by atoms with Crippen LogP contribution < -0.4 is 0 Å². The summed E-state index contributed by atoms with van der Waals surface area (Å²) in [6.07, 6.45) is 6.78. The number of carbonyl (C=O) groups is 1. The second-order valence-electron chi connectivity index (χ2n) is 6.89. The molecule has 10 heteroatoms. The summed E-state index contributed by atoms with van der Waals surface area (Å²) in [6.45, 7) is 1.85. The molecule has 0 unspecified atom stereocenters. The third kappa shape index (κ3) is 4.23. The summed E-state index contributed by atoms with van der Waals surface area (Å²) >= 11 is 2.61. The maximum atomic E-state index is 13.2. The van der Waals surface area contributed by atoms with Crippen molar-refractivity contribution in [1.82, 2.24) is 15.1 Å². The van der Waals surface area contributed by atoms with Gasteiger partial charge in [0.15, 0.2) is 5.17 Å². The van der Waals surface area contributed by atoms with Crippen molar-refractivity contribution in [3.05, 3.63) is 49.9 Å². The van der Waals surface area contributed by atoms with Crippen LogP contribution in [0, 0.1) is 17.0 Å². The number of para-hydroxylation sites is 1. The van der Waals surface area contributed by atoms with Crippen molar-refractivity contribution in [2.75, 3.05) is 0 Å². The lowest BCUT2D eigenvalue weighted by Gasteiger charge is -2.30. The lowest BCUT2D eigenvalue weighted by atomic mass is 9.94. The number of carbonyl (C=O) groups excluding carboxylic acids is 1. The number of amides is 1. The van der Waals surface area contributed by atoms with Gasteiger partial charge in [-0.3, -0.25) is 19.8 Å². The highest BCUT2D eigenvalue weighted by Gasteiger charge is 2.39. The molecular weight excluding hydrogens is 410 g/mol. The first-order valence-corrected chi connectivity index (χ1v) is 11.0. The fourth-order valence-corrected chi connectivity index (χ4v) is 5.20. The quantitative estimate of drug-likeness (QED) is 0.397. The Labute approximate surface area is 175 Å². The molecule has 4 rings (SSSR count). The molecular formula is C19H19N5O3S2. The summed E-state index contributed by atoms with van der Waals surface area (Å²) in [5.41, 5.74) is 0.382. The van der Waals surface area contributed by atoms with Crippen molar-refractivity contribution in [2.24, 2.45) is 4.99 Å². The largest absolute Gasteiger partial charge is 0.283 e. The van der Waals surface area contributed by atoms with Crippen molar-refractivity contribution < 1.29 is 9.72 Å². The van der Waals surface area contributed by atoms with Gasteiger partial charge in [-0.1, -0.05) is 42.7 Å². The van der Waals surface area contributed by atoms with Crippen LogP contribution in [0.25, 0.3) is 6.08 Å². The van der Waals surface area contributed by atoms with Gasteiger partial charge in [0.25, 0.3) is 11.6 Å². The van der Waals surface area contributed by atoms with Crippen molar-refractivity contribution in [3.8, 4) is 0 Å². The van der Waals surface area contributed by atoms with E-state index in [-0.39, 0.29) is 17.6 Å². The predicted molar refractivity (Wildman–Crippen MR) is 114 cm³/mol. The van der Waals surface area contributed by atoms with E-state index in [1.54, 1.807) is 29.2 Å². The van der Waals surface area contributed by atoms with E-state index < -0.39 is 4.92 Å². The number of hydrogen-bond acceptors (Lipinski definition) is 8. The number of aryl methyl sites for hydroxylation is 1. The Bertz CT molecular complexity index is 1010. The first-order valence-electron chi connectivity index (χ1n) is 9.38. The maximum absolute atomic E-state index is 13.2. The van der Waals surface area contributed by atoms with Crippen LogP contribution in [-0.4, -0.2) is 37.1 Å². The van der Waals surface area contributed by atoms with Crippen LogP contribution in [0.3, 0.4) is 0 Å². The van der Waals surface area contributed by atoms with Gasteiger partial charge in [0.1, 0.15) is 5.01 Å². The number of aliphatic imine (C=N–C) groups is 1. The average molecular weight is 430 g/mol. The molecule has 1 amide bonds. The molecule has 1 saturated heterocycles. The number of nitro benzene ring substituents is 1. The Balaban J connectivity index is 1.73. The molecule has 1 aromatic carbocycles. The standard InChI is InChI=1S/C19H19N5O3S2/c1-12-21-22-18(28-12)20-19-23(14-8-3-2-4-9-14)17(25)16(29-19)11-13-7-5-6-10-15(13)24(26)27/h5-7,10-11,14H,2-4,8-9H2,1H3/b16-11-,20-19+. The molecule has 0 bridgehead atoms. The van der Waals surface area contributed by atoms with Crippen LogP contribution in [-0.2, 0) is 4.79 Å². The average Bonchev–Trinajstić information content (AvgIpc) is 3.26. The van der Waals surface area contributed by atoms with Crippen molar-refractivity contribution in [2.45, 2.75) is 45.1 Å². The zero-order valence-corrected chi connectivity index (χ0v) is 17.4. The van der Waals surface area contributed by atoms with Crippen LogP contribution in [0.4, 0.5) is 10.8 Å². The fourth-order valence-electron chi connectivity index (χ4n) is 3.56. The van der Waals surface area contributed by atoms with E-state index >= 15 is 0 Å². The van der Waals surface area contributed by atoms with Crippen molar-refractivity contribution in [1.29, 1.82) is 0 Å². The molecule has 1 aliphatic carbocycles. The molecule has 0 spiro atoms. The van der Waals surface area contributed by atoms with Crippen molar-refractivity contribution >= 4 is 51.1 Å². The van der Waals surface area contributed by atoms with E-state index in [1.165, 1.54) is 35.6 Å². The van der Waals surface area contributed by atoms with Gasteiger partial charge >= 0.3 is 0 Å². The Kier molecular flexibility index (Phi) is 5.72. The van der Waals surface area contributed by atoms with Gasteiger partial charge in [0.2, 0.25) is 5.13 Å². The first kappa shape index (κ1) is 19.7. The second-order valence-corrected chi connectivity index (χ2v) is 9.06. The minimum Gasteiger partial charge on any atom is -0.283 e. The second kappa shape index (κ2) is 8.42. The highest BCUT2D eigenvalue weighted by atomic mass is 32.2. The Hall–Kier alpha value is -2.59. The molecule has 1 aromatic heterocycles. The van der Waals surface area contributed by atoms with E-state index in [0.717, 1.165) is 30.7 Å². The minimum atomic E-state index is -0.436. The molecule has 150 valence electrons. The summed E-state index contributed by atoms with van der Waals surface area (Å²) < 4.78 is 0. The third-order valence-corrected chi connectivity index (χ3v) is 6.62. The van der Waals surface area contributed by atoms with Crippen LogP contribution in [0.5, 0.6) is 0 Å². The zero-order valence-electron chi connectivity index (χ0n) is 15.8. The summed E-state index contributed by atoms with van der Waals surface area (Å²) in [5, 5.41) is 21.3. The number of aromatic nitrogens is 2. The predicted octanol–water partition coefficient (Wildman–Crippen LogP) is 4.69. The van der Waals surface area contributed by atoms with E-state index in [2.05, 4.69) is 15.2 Å². The van der Waals surface area contributed by atoms with Crippen LogP contribution >= 0.6 is 23.1 Å². The number of rotatable bonds is 4. The highest BCUT2D eigenvalue weighted by Crippen LogP contribution is 2.39. The van der Waals surface area contributed by atoms with Gasteiger partial charge in [0.05, 0.1) is 15.4 Å². The molecule has 2 aromatic rings. The molecule has 1 aliphatic heterocycles. The number of hydrogen-bond donors (Lipinski definition) is 0. The lowest BCUT2D eigenvalue weighted by molar-refractivity contribution is -0.385. The lowest BCUT2D eigenvalue weighted by Crippen LogP contribution is -2.40. The van der Waals surface area contributed by atoms with Crippen LogP contribution in [0.15, 0.2) is 34.2 Å². The SMILES string of the molecule is Cc1nnc(/N=C2/S/C(=C\c3ccccc3[N+](=O)[O-])C(=O)N2C2CCCCC2)s1.